The molecular weight excluding hydrogens is 344 g/mol. The number of nitrogens with one attached hydrogen (secondary N) is 1. The Morgan fingerprint density at radius 2 is 1.88 bits per heavy atom. The first kappa shape index (κ1) is 18.1. The topological polar surface area (TPSA) is 51.2 Å². The lowest BCUT2D eigenvalue weighted by Crippen LogP contribution is -2.30. The highest BCUT2D eigenvalue weighted by Gasteiger charge is 2.18. The minimum Gasteiger partial charge on any atom is -0.481 e. The lowest BCUT2D eigenvalue weighted by Gasteiger charge is -2.18. The van der Waals surface area contributed by atoms with Crippen molar-refractivity contribution in [2.75, 3.05) is 5.32 Å². The first-order valence-corrected chi connectivity index (χ1v) is 9.39. The Morgan fingerprint density at radius 3 is 2.62 bits per heavy atom. The van der Waals surface area contributed by atoms with Crippen LogP contribution in [0.15, 0.2) is 47.8 Å². The van der Waals surface area contributed by atoms with E-state index in [0.29, 0.717) is 0 Å². The summed E-state index contributed by atoms with van der Waals surface area (Å²) in [6.45, 7) is 7.75. The number of thiazole rings is 1. The summed E-state index contributed by atoms with van der Waals surface area (Å²) in [4.78, 5) is 17.2. The first-order chi connectivity index (χ1) is 12.5. The van der Waals surface area contributed by atoms with Gasteiger partial charge in [0.05, 0.1) is 16.4 Å². The Bertz CT molecular complexity index is 933. The Kier molecular flexibility index (Phi) is 5.38. The maximum Gasteiger partial charge on any atom is 0.265 e. The number of hydrogen-bond acceptors (Lipinski definition) is 4. The van der Waals surface area contributed by atoms with Gasteiger partial charge in [-0.15, -0.1) is 11.3 Å². The molecule has 3 aromatic rings. The second kappa shape index (κ2) is 7.70. The molecule has 134 valence electrons. The van der Waals surface area contributed by atoms with Gasteiger partial charge in [-0.25, -0.2) is 4.98 Å². The number of carbonyl (C=O) groups excluding carboxylic acids is 1. The van der Waals surface area contributed by atoms with Crippen LogP contribution in [0.4, 0.5) is 5.69 Å². The highest BCUT2D eigenvalue weighted by molar-refractivity contribution is 7.09. The number of anilines is 1. The van der Waals surface area contributed by atoms with E-state index in [4.69, 9.17) is 4.74 Å². The number of benzene rings is 2. The molecule has 4 nitrogen and oxygen atoms in total. The fourth-order valence-corrected chi connectivity index (χ4v) is 3.25. The lowest BCUT2D eigenvalue weighted by atomic mass is 10.1. The van der Waals surface area contributed by atoms with Crippen LogP contribution in [0.5, 0.6) is 5.75 Å². The van der Waals surface area contributed by atoms with Crippen LogP contribution in [-0.2, 0) is 4.79 Å². The normalized spacial score (nSPS) is 11.8. The number of ether oxygens (including phenoxy) is 1. The number of aryl methyl sites for hydroxylation is 2. The van der Waals surface area contributed by atoms with Crippen LogP contribution in [0.3, 0.4) is 0 Å². The predicted octanol–water partition coefficient (Wildman–Crippen LogP) is 5.14. The van der Waals surface area contributed by atoms with Crippen LogP contribution >= 0.6 is 11.3 Å². The highest BCUT2D eigenvalue weighted by Crippen LogP contribution is 2.29. The molecule has 1 aromatic heterocycles. The minimum atomic E-state index is -0.610. The summed E-state index contributed by atoms with van der Waals surface area (Å²) in [6.07, 6.45) is -0.610. The van der Waals surface area contributed by atoms with Gasteiger partial charge in [0.1, 0.15) is 5.75 Å². The lowest BCUT2D eigenvalue weighted by molar-refractivity contribution is -0.122. The van der Waals surface area contributed by atoms with Crippen molar-refractivity contribution < 1.29 is 9.53 Å². The molecule has 0 spiro atoms. The van der Waals surface area contributed by atoms with E-state index in [1.807, 2.05) is 68.6 Å². The van der Waals surface area contributed by atoms with Crippen molar-refractivity contribution in [2.45, 2.75) is 33.8 Å². The smallest absolute Gasteiger partial charge is 0.265 e. The average Bonchev–Trinajstić information content (AvgIpc) is 3.05. The zero-order valence-electron chi connectivity index (χ0n) is 15.4. The third-order valence-corrected chi connectivity index (χ3v) is 5.08. The van der Waals surface area contributed by atoms with E-state index in [1.54, 1.807) is 18.3 Å². The molecule has 5 heteroatoms. The quantitative estimate of drug-likeness (QED) is 0.680. The van der Waals surface area contributed by atoms with Gasteiger partial charge in [0.2, 0.25) is 0 Å². The van der Waals surface area contributed by atoms with E-state index in [1.165, 1.54) is 0 Å². The molecule has 0 saturated heterocycles. The standard InChI is InChI=1S/C21H22N2O2S/c1-13-8-7-11-20(14(13)2)25-15(3)21(24)23-18-10-6-5-9-17(18)19-12-26-16(4)22-19/h5-12,15H,1-4H3,(H,23,24). The monoisotopic (exact) mass is 366 g/mol. The summed E-state index contributed by atoms with van der Waals surface area (Å²) >= 11 is 1.59. The third kappa shape index (κ3) is 3.94. The van der Waals surface area contributed by atoms with Gasteiger partial charge in [-0.05, 0) is 51.0 Å². The summed E-state index contributed by atoms with van der Waals surface area (Å²) in [6, 6.07) is 13.5. The largest absolute Gasteiger partial charge is 0.481 e. The molecule has 1 atom stereocenters. The van der Waals surface area contributed by atoms with Gasteiger partial charge in [0.25, 0.3) is 5.91 Å². The van der Waals surface area contributed by atoms with Gasteiger partial charge < -0.3 is 10.1 Å². The number of para-hydroxylation sites is 1. The van der Waals surface area contributed by atoms with Crippen molar-refractivity contribution in [2.24, 2.45) is 0 Å². The number of aromatic nitrogens is 1. The van der Waals surface area contributed by atoms with Crippen molar-refractivity contribution in [3.8, 4) is 17.0 Å². The van der Waals surface area contributed by atoms with E-state index in [0.717, 1.165) is 38.8 Å². The van der Waals surface area contributed by atoms with Crippen LogP contribution < -0.4 is 10.1 Å². The molecule has 0 aliphatic heterocycles. The fourth-order valence-electron chi connectivity index (χ4n) is 2.63. The van der Waals surface area contributed by atoms with E-state index in [2.05, 4.69) is 10.3 Å². The van der Waals surface area contributed by atoms with E-state index in [9.17, 15) is 4.79 Å². The minimum absolute atomic E-state index is 0.190. The Morgan fingerprint density at radius 1 is 1.12 bits per heavy atom. The van der Waals surface area contributed by atoms with Crippen molar-refractivity contribution in [3.63, 3.8) is 0 Å². The van der Waals surface area contributed by atoms with Crippen molar-refractivity contribution in [3.05, 3.63) is 64.0 Å². The average molecular weight is 366 g/mol. The molecule has 0 aliphatic rings. The molecular formula is C21H22N2O2S. The van der Waals surface area contributed by atoms with E-state index >= 15 is 0 Å². The molecule has 0 aliphatic carbocycles. The van der Waals surface area contributed by atoms with Crippen LogP contribution in [0.2, 0.25) is 0 Å². The molecule has 0 fully saturated rings. The Labute approximate surface area is 157 Å². The number of rotatable bonds is 5. The fraction of sp³-hybridized carbons (Fsp3) is 0.238. The van der Waals surface area contributed by atoms with Gasteiger partial charge in [0.15, 0.2) is 6.10 Å². The molecule has 26 heavy (non-hydrogen) atoms. The highest BCUT2D eigenvalue weighted by atomic mass is 32.1. The molecule has 3 rings (SSSR count). The predicted molar refractivity (Wildman–Crippen MR) is 107 cm³/mol. The summed E-state index contributed by atoms with van der Waals surface area (Å²) in [7, 11) is 0. The van der Waals surface area contributed by atoms with Crippen LogP contribution in [-0.4, -0.2) is 17.0 Å². The number of hydrogen-bond donors (Lipinski definition) is 1. The Balaban J connectivity index is 1.77. The maximum absolute atomic E-state index is 12.6. The van der Waals surface area contributed by atoms with Gasteiger partial charge in [-0.3, -0.25) is 4.79 Å². The summed E-state index contributed by atoms with van der Waals surface area (Å²) in [5.41, 5.74) is 4.69. The van der Waals surface area contributed by atoms with Crippen LogP contribution in [0, 0.1) is 20.8 Å². The molecule has 1 unspecified atom stereocenters. The molecule has 1 amide bonds. The number of carbonyl (C=O) groups is 1. The van der Waals surface area contributed by atoms with Crippen molar-refractivity contribution >= 4 is 22.9 Å². The van der Waals surface area contributed by atoms with Crippen molar-refractivity contribution in [1.82, 2.24) is 4.98 Å². The molecule has 0 radical (unpaired) electrons. The Hall–Kier alpha value is -2.66. The zero-order chi connectivity index (χ0) is 18.7. The van der Waals surface area contributed by atoms with E-state index < -0.39 is 6.10 Å². The molecule has 2 aromatic carbocycles. The first-order valence-electron chi connectivity index (χ1n) is 8.51. The SMILES string of the molecule is Cc1nc(-c2ccccc2NC(=O)C(C)Oc2cccc(C)c2C)cs1. The summed E-state index contributed by atoms with van der Waals surface area (Å²) in [5, 5.41) is 5.96. The number of amides is 1. The van der Waals surface area contributed by atoms with Gasteiger partial charge in [0, 0.05) is 10.9 Å². The van der Waals surface area contributed by atoms with Gasteiger partial charge >= 0.3 is 0 Å². The van der Waals surface area contributed by atoms with Gasteiger partial charge in [-0.1, -0.05) is 30.3 Å². The zero-order valence-corrected chi connectivity index (χ0v) is 16.2. The third-order valence-electron chi connectivity index (χ3n) is 4.31. The molecule has 1 N–H and O–H groups in total. The maximum atomic E-state index is 12.6. The van der Waals surface area contributed by atoms with Crippen LogP contribution in [0.25, 0.3) is 11.3 Å². The van der Waals surface area contributed by atoms with Crippen LogP contribution in [0.1, 0.15) is 23.1 Å². The van der Waals surface area contributed by atoms with Gasteiger partial charge in [-0.2, -0.15) is 0 Å². The number of nitrogens with zero attached hydrogens (tertiary/aromatic N) is 1. The summed E-state index contributed by atoms with van der Waals surface area (Å²) in [5.74, 6) is 0.543. The molecule has 0 bridgehead atoms. The molecule has 0 saturated carbocycles. The molecule has 1 heterocycles. The summed E-state index contributed by atoms with van der Waals surface area (Å²) < 4.78 is 5.88. The second-order valence-corrected chi connectivity index (χ2v) is 7.31. The van der Waals surface area contributed by atoms with E-state index in [-0.39, 0.29) is 5.91 Å². The van der Waals surface area contributed by atoms with Crippen molar-refractivity contribution in [1.29, 1.82) is 0 Å². The second-order valence-electron chi connectivity index (χ2n) is 6.24.